The number of halogens is 2. The van der Waals surface area contributed by atoms with Crippen molar-refractivity contribution in [3.8, 4) is 28.4 Å². The van der Waals surface area contributed by atoms with Crippen LogP contribution in [0.4, 0.5) is 8.78 Å². The highest BCUT2D eigenvalue weighted by Crippen LogP contribution is 2.32. The number of nitrogens with zero attached hydrogens (tertiary/aromatic N) is 1. The summed E-state index contributed by atoms with van der Waals surface area (Å²) < 4.78 is 63.1. The van der Waals surface area contributed by atoms with Gasteiger partial charge in [0, 0.05) is 24.1 Å². The van der Waals surface area contributed by atoms with Crippen molar-refractivity contribution in [2.75, 3.05) is 19.3 Å². The highest BCUT2D eigenvalue weighted by atomic mass is 32.2. The molecule has 1 aliphatic rings. The van der Waals surface area contributed by atoms with Crippen molar-refractivity contribution < 1.29 is 26.7 Å². The average molecular weight is 461 g/mol. The molecule has 1 fully saturated rings. The fourth-order valence-electron chi connectivity index (χ4n) is 3.44. The molecule has 0 radical (unpaired) electrons. The largest absolute Gasteiger partial charge is 0.490 e. The third-order valence-corrected chi connectivity index (χ3v) is 6.16. The molecule has 1 aliphatic heterocycles. The maximum atomic E-state index is 13.6. The summed E-state index contributed by atoms with van der Waals surface area (Å²) in [4.78, 5) is 4.17. The van der Waals surface area contributed by atoms with Gasteiger partial charge in [-0.3, -0.25) is 4.98 Å². The summed E-state index contributed by atoms with van der Waals surface area (Å²) in [7, 11) is -3.51. The number of rotatable bonds is 6. The first-order valence-corrected chi connectivity index (χ1v) is 12.0. The normalized spacial score (nSPS) is 14.8. The van der Waals surface area contributed by atoms with Crippen LogP contribution in [-0.4, -0.2) is 38.9 Å². The smallest absolute Gasteiger partial charge is 0.175 e. The van der Waals surface area contributed by atoms with Crippen molar-refractivity contribution >= 4 is 9.84 Å². The van der Waals surface area contributed by atoms with Crippen molar-refractivity contribution in [2.24, 2.45) is 0 Å². The summed E-state index contributed by atoms with van der Waals surface area (Å²) in [6.45, 7) is 1.67. The Bertz CT molecular complexity index is 1230. The number of aromatic nitrogens is 1. The minimum Gasteiger partial charge on any atom is -0.490 e. The van der Waals surface area contributed by atoms with Crippen LogP contribution in [0.1, 0.15) is 12.8 Å². The lowest BCUT2D eigenvalue weighted by molar-refractivity contribution is 0.161. The predicted molar refractivity (Wildman–Crippen MR) is 116 cm³/mol. The number of benzene rings is 2. The van der Waals surface area contributed by atoms with Crippen LogP contribution in [0.5, 0.6) is 17.2 Å². The van der Waals surface area contributed by atoms with Crippen LogP contribution in [0.3, 0.4) is 0 Å². The Morgan fingerprint density at radius 3 is 2.38 bits per heavy atom. The highest BCUT2D eigenvalue weighted by Gasteiger charge is 2.18. The van der Waals surface area contributed by atoms with Gasteiger partial charge in [0.15, 0.2) is 21.5 Å². The van der Waals surface area contributed by atoms with Gasteiger partial charge < -0.3 is 14.8 Å². The summed E-state index contributed by atoms with van der Waals surface area (Å²) in [5, 5.41) is 3.25. The molecule has 168 valence electrons. The molecule has 2 heterocycles. The topological polar surface area (TPSA) is 77.5 Å². The Morgan fingerprint density at radius 2 is 1.66 bits per heavy atom. The number of piperidine rings is 1. The zero-order valence-electron chi connectivity index (χ0n) is 17.3. The number of hydrogen-bond acceptors (Lipinski definition) is 6. The SMILES string of the molecule is CS(=O)(=O)c1cc(Oc2cncc(-c3ccc(F)c(F)c3)c2)cc(OC2CCNCC2)c1. The first kappa shape index (κ1) is 22.2. The standard InChI is InChI=1S/C23H22F2N2O4S/c1-32(28,29)21-11-18(30-17-4-6-26-7-5-17)10-19(12-21)31-20-8-16(13-27-14-20)15-2-3-22(24)23(25)9-15/h2-3,8-14,17,26H,4-7H2,1H3. The molecule has 0 amide bonds. The second-order valence-corrected chi connectivity index (χ2v) is 9.64. The lowest BCUT2D eigenvalue weighted by Crippen LogP contribution is -2.34. The second kappa shape index (κ2) is 9.22. The van der Waals surface area contributed by atoms with Crippen molar-refractivity contribution in [1.29, 1.82) is 0 Å². The summed E-state index contributed by atoms with van der Waals surface area (Å²) >= 11 is 0. The van der Waals surface area contributed by atoms with Crippen molar-refractivity contribution in [1.82, 2.24) is 10.3 Å². The molecule has 1 N–H and O–H groups in total. The molecule has 3 aromatic rings. The monoisotopic (exact) mass is 460 g/mol. The Balaban J connectivity index is 1.63. The summed E-state index contributed by atoms with van der Waals surface area (Å²) in [5.74, 6) is -0.923. The Hall–Kier alpha value is -3.04. The van der Waals surface area contributed by atoms with E-state index in [1.807, 2.05) is 0 Å². The zero-order valence-corrected chi connectivity index (χ0v) is 18.2. The molecule has 0 atom stereocenters. The molecule has 1 aromatic heterocycles. The average Bonchev–Trinajstić information content (AvgIpc) is 2.76. The van der Waals surface area contributed by atoms with Gasteiger partial charge in [-0.15, -0.1) is 0 Å². The molecule has 0 bridgehead atoms. The predicted octanol–water partition coefficient (Wildman–Crippen LogP) is 4.35. The van der Waals surface area contributed by atoms with Crippen LogP contribution < -0.4 is 14.8 Å². The van der Waals surface area contributed by atoms with E-state index in [1.165, 1.54) is 30.6 Å². The van der Waals surface area contributed by atoms with Crippen LogP contribution in [-0.2, 0) is 9.84 Å². The van der Waals surface area contributed by atoms with E-state index in [0.717, 1.165) is 44.3 Å². The summed E-state index contributed by atoms with van der Waals surface area (Å²) in [6.07, 6.45) is 5.68. The minimum absolute atomic E-state index is 0.0164. The van der Waals surface area contributed by atoms with Gasteiger partial charge in [-0.1, -0.05) is 6.07 Å². The third-order valence-electron chi connectivity index (χ3n) is 5.07. The Morgan fingerprint density at radius 1 is 0.906 bits per heavy atom. The molecule has 6 nitrogen and oxygen atoms in total. The van der Waals surface area contributed by atoms with E-state index in [-0.39, 0.29) is 16.7 Å². The molecular formula is C23H22F2N2O4S. The van der Waals surface area contributed by atoms with E-state index in [4.69, 9.17) is 9.47 Å². The van der Waals surface area contributed by atoms with Gasteiger partial charge in [0.25, 0.3) is 0 Å². The molecule has 9 heteroatoms. The van der Waals surface area contributed by atoms with Crippen molar-refractivity contribution in [3.05, 3.63) is 66.5 Å². The maximum Gasteiger partial charge on any atom is 0.175 e. The molecular weight excluding hydrogens is 438 g/mol. The lowest BCUT2D eigenvalue weighted by Gasteiger charge is -2.24. The molecule has 1 saturated heterocycles. The van der Waals surface area contributed by atoms with Crippen LogP contribution in [0.2, 0.25) is 0 Å². The number of hydrogen-bond donors (Lipinski definition) is 1. The maximum absolute atomic E-state index is 13.6. The third kappa shape index (κ3) is 5.41. The summed E-state index contributed by atoms with van der Waals surface area (Å²) in [5.41, 5.74) is 0.952. The van der Waals surface area contributed by atoms with Gasteiger partial charge in [-0.2, -0.15) is 0 Å². The van der Waals surface area contributed by atoms with Crippen LogP contribution in [0, 0.1) is 11.6 Å². The molecule has 2 aromatic carbocycles. The van der Waals surface area contributed by atoms with Crippen molar-refractivity contribution in [3.63, 3.8) is 0 Å². The Kier molecular flexibility index (Phi) is 6.38. The van der Waals surface area contributed by atoms with Gasteiger partial charge in [0.2, 0.25) is 0 Å². The lowest BCUT2D eigenvalue weighted by atomic mass is 10.1. The molecule has 4 rings (SSSR count). The molecule has 0 aliphatic carbocycles. The van der Waals surface area contributed by atoms with Gasteiger partial charge in [0.05, 0.1) is 11.1 Å². The number of sulfone groups is 1. The van der Waals surface area contributed by atoms with Gasteiger partial charge in [-0.05, 0) is 61.8 Å². The zero-order chi connectivity index (χ0) is 22.7. The fraction of sp³-hybridized carbons (Fsp3) is 0.261. The minimum atomic E-state index is -3.51. The van der Waals surface area contributed by atoms with Crippen LogP contribution in [0.15, 0.2) is 59.8 Å². The van der Waals surface area contributed by atoms with E-state index < -0.39 is 21.5 Å². The molecule has 0 spiro atoms. The number of nitrogens with one attached hydrogen (secondary N) is 1. The van der Waals surface area contributed by atoms with Crippen molar-refractivity contribution in [2.45, 2.75) is 23.8 Å². The first-order chi connectivity index (χ1) is 15.3. The highest BCUT2D eigenvalue weighted by molar-refractivity contribution is 7.90. The van der Waals surface area contributed by atoms with Crippen LogP contribution in [0.25, 0.3) is 11.1 Å². The second-order valence-electron chi connectivity index (χ2n) is 7.62. The van der Waals surface area contributed by atoms with E-state index in [0.29, 0.717) is 22.6 Å². The van der Waals surface area contributed by atoms with Crippen LogP contribution >= 0.6 is 0 Å². The van der Waals surface area contributed by atoms with E-state index in [2.05, 4.69) is 10.3 Å². The molecule has 32 heavy (non-hydrogen) atoms. The fourth-order valence-corrected chi connectivity index (χ4v) is 4.10. The van der Waals surface area contributed by atoms with E-state index >= 15 is 0 Å². The van der Waals surface area contributed by atoms with E-state index in [1.54, 1.807) is 12.1 Å². The van der Waals surface area contributed by atoms with Gasteiger partial charge in [-0.25, -0.2) is 17.2 Å². The number of ether oxygens (including phenoxy) is 2. The molecule has 0 unspecified atom stereocenters. The van der Waals surface area contributed by atoms with E-state index in [9.17, 15) is 17.2 Å². The summed E-state index contributed by atoms with van der Waals surface area (Å²) in [6, 6.07) is 9.69. The number of pyridine rings is 1. The Labute approximate surface area is 185 Å². The van der Waals surface area contributed by atoms with Gasteiger partial charge >= 0.3 is 0 Å². The quantitative estimate of drug-likeness (QED) is 0.589. The molecule has 0 saturated carbocycles. The van der Waals surface area contributed by atoms with Gasteiger partial charge in [0.1, 0.15) is 23.4 Å². The first-order valence-electron chi connectivity index (χ1n) is 10.1.